The van der Waals surface area contributed by atoms with E-state index in [1.165, 1.54) is 6.26 Å². The van der Waals surface area contributed by atoms with Gasteiger partial charge in [-0.25, -0.2) is 9.78 Å². The van der Waals surface area contributed by atoms with Gasteiger partial charge >= 0.3 is 12.1 Å². The summed E-state index contributed by atoms with van der Waals surface area (Å²) < 4.78 is 42.3. The summed E-state index contributed by atoms with van der Waals surface area (Å²) in [5, 5.41) is 14.8. The number of amides is 1. The number of rotatable bonds is 5. The third-order valence-corrected chi connectivity index (χ3v) is 4.28. The number of hydrogen-bond donors (Lipinski definition) is 2. The number of oxazole rings is 1. The second-order valence-corrected chi connectivity index (χ2v) is 6.66. The van der Waals surface area contributed by atoms with Gasteiger partial charge in [-0.1, -0.05) is 5.16 Å². The Bertz CT molecular complexity index is 1250. The molecule has 1 aromatic carbocycles. The van der Waals surface area contributed by atoms with Crippen molar-refractivity contribution in [3.63, 3.8) is 0 Å². The summed E-state index contributed by atoms with van der Waals surface area (Å²) in [5.74, 6) is -2.36. The molecule has 0 atom stereocenters. The first-order valence-corrected chi connectivity index (χ1v) is 9.44. The molecule has 0 saturated heterocycles. The molecule has 0 fully saturated rings. The molecule has 9 nitrogen and oxygen atoms in total. The molecule has 12 heteroatoms. The molecule has 0 radical (unpaired) electrons. The second-order valence-electron chi connectivity index (χ2n) is 6.66. The molecular weight excluding hydrogens is 445 g/mol. The van der Waals surface area contributed by atoms with Crippen LogP contribution in [0.25, 0.3) is 22.4 Å². The standard InChI is InChI=1S/C19H16N4O3.C2HF3O2/c1-12-22-16(11-25-12)18-15-10-14(2-3-17(15)26-23-18)19(24)21-9-6-13-4-7-20-8-5-13;3-2(4,5)1(6)7/h2-5,7-8,10-11H,6,9H2,1H3,(H,21,24);(H,6,7). The number of pyridine rings is 1. The van der Waals surface area contributed by atoms with Crippen molar-refractivity contribution in [2.45, 2.75) is 19.5 Å². The number of aromatic nitrogens is 3. The maximum Gasteiger partial charge on any atom is 0.490 e. The van der Waals surface area contributed by atoms with Gasteiger partial charge in [-0.2, -0.15) is 13.2 Å². The zero-order chi connectivity index (χ0) is 24.0. The Hall–Kier alpha value is -4.22. The first kappa shape index (κ1) is 23.4. The number of nitrogens with one attached hydrogen (secondary N) is 1. The summed E-state index contributed by atoms with van der Waals surface area (Å²) in [4.78, 5) is 29.6. The molecule has 0 bridgehead atoms. The minimum absolute atomic E-state index is 0.149. The highest BCUT2D eigenvalue weighted by Crippen LogP contribution is 2.28. The number of aliphatic carboxylic acids is 1. The van der Waals surface area contributed by atoms with E-state index in [-0.39, 0.29) is 5.91 Å². The molecule has 4 aromatic rings. The van der Waals surface area contributed by atoms with E-state index in [1.807, 2.05) is 12.1 Å². The van der Waals surface area contributed by atoms with Gasteiger partial charge in [0.2, 0.25) is 0 Å². The fourth-order valence-corrected chi connectivity index (χ4v) is 2.71. The van der Waals surface area contributed by atoms with Gasteiger partial charge in [0.25, 0.3) is 5.91 Å². The van der Waals surface area contributed by atoms with Crippen LogP contribution in [0.1, 0.15) is 21.8 Å². The number of fused-ring (bicyclic) bond motifs is 1. The normalized spacial score (nSPS) is 11.0. The molecule has 0 aliphatic heterocycles. The summed E-state index contributed by atoms with van der Waals surface area (Å²) in [6, 6.07) is 9.07. The van der Waals surface area contributed by atoms with E-state index >= 15 is 0 Å². The van der Waals surface area contributed by atoms with Crippen LogP contribution in [0.4, 0.5) is 13.2 Å². The summed E-state index contributed by atoms with van der Waals surface area (Å²) in [6.07, 6.45) is 0.662. The maximum absolute atomic E-state index is 12.4. The number of halogens is 3. The van der Waals surface area contributed by atoms with E-state index in [2.05, 4.69) is 20.4 Å². The molecule has 3 aromatic heterocycles. The van der Waals surface area contributed by atoms with Crippen molar-refractivity contribution >= 4 is 22.8 Å². The average Bonchev–Trinajstić information content (AvgIpc) is 3.39. The van der Waals surface area contributed by atoms with E-state index in [1.54, 1.807) is 37.5 Å². The van der Waals surface area contributed by atoms with Crippen molar-refractivity contribution in [2.75, 3.05) is 6.54 Å². The van der Waals surface area contributed by atoms with Crippen molar-refractivity contribution in [2.24, 2.45) is 0 Å². The van der Waals surface area contributed by atoms with Crippen molar-refractivity contribution in [3.05, 3.63) is 66.0 Å². The fraction of sp³-hybridized carbons (Fsp3) is 0.190. The molecule has 33 heavy (non-hydrogen) atoms. The van der Waals surface area contributed by atoms with Crippen LogP contribution in [-0.2, 0) is 11.2 Å². The lowest BCUT2D eigenvalue weighted by molar-refractivity contribution is -0.192. The molecule has 4 rings (SSSR count). The van der Waals surface area contributed by atoms with Crippen LogP contribution in [-0.4, -0.2) is 44.8 Å². The first-order chi connectivity index (χ1) is 15.6. The topological polar surface area (TPSA) is 131 Å². The van der Waals surface area contributed by atoms with Crippen molar-refractivity contribution in [3.8, 4) is 11.4 Å². The summed E-state index contributed by atoms with van der Waals surface area (Å²) in [5.41, 5.74) is 3.39. The molecule has 172 valence electrons. The van der Waals surface area contributed by atoms with Gasteiger partial charge in [-0.15, -0.1) is 0 Å². The fourth-order valence-electron chi connectivity index (χ4n) is 2.71. The van der Waals surface area contributed by atoms with Gasteiger partial charge in [-0.05, 0) is 42.3 Å². The van der Waals surface area contributed by atoms with Crippen LogP contribution in [0.5, 0.6) is 0 Å². The minimum atomic E-state index is -5.08. The van der Waals surface area contributed by atoms with Crippen LogP contribution in [0, 0.1) is 6.92 Å². The first-order valence-electron chi connectivity index (χ1n) is 9.44. The third-order valence-electron chi connectivity index (χ3n) is 4.28. The molecule has 1 amide bonds. The van der Waals surface area contributed by atoms with Crippen LogP contribution in [0.3, 0.4) is 0 Å². The smallest absolute Gasteiger partial charge is 0.475 e. The number of aryl methyl sites for hydroxylation is 1. The minimum Gasteiger partial charge on any atom is -0.475 e. The number of carboxylic acid groups (broad SMARTS) is 1. The predicted molar refractivity (Wildman–Crippen MR) is 108 cm³/mol. The Morgan fingerprint density at radius 2 is 1.85 bits per heavy atom. The van der Waals surface area contributed by atoms with Gasteiger partial charge in [0.15, 0.2) is 11.5 Å². The second kappa shape index (κ2) is 9.94. The molecule has 3 heterocycles. The summed E-state index contributed by atoms with van der Waals surface area (Å²) in [6.45, 7) is 2.30. The van der Waals surface area contributed by atoms with E-state index in [9.17, 15) is 18.0 Å². The number of carboxylic acids is 1. The van der Waals surface area contributed by atoms with Gasteiger partial charge in [0.1, 0.15) is 17.7 Å². The van der Waals surface area contributed by atoms with Crippen LogP contribution in [0.2, 0.25) is 0 Å². The van der Waals surface area contributed by atoms with Gasteiger partial charge in [-0.3, -0.25) is 9.78 Å². The Balaban J connectivity index is 0.000000383. The van der Waals surface area contributed by atoms with Crippen LogP contribution >= 0.6 is 0 Å². The van der Waals surface area contributed by atoms with Gasteiger partial charge in [0, 0.05) is 31.4 Å². The number of carbonyl (C=O) groups excluding carboxylic acids is 1. The van der Waals surface area contributed by atoms with Crippen LogP contribution < -0.4 is 5.32 Å². The van der Waals surface area contributed by atoms with Gasteiger partial charge in [0.05, 0.1) is 5.39 Å². The highest BCUT2D eigenvalue weighted by molar-refractivity contribution is 6.00. The molecule has 0 saturated carbocycles. The summed E-state index contributed by atoms with van der Waals surface area (Å²) >= 11 is 0. The molecule has 2 N–H and O–H groups in total. The number of nitrogens with zero attached hydrogens (tertiary/aromatic N) is 3. The number of alkyl halides is 3. The highest BCUT2D eigenvalue weighted by Gasteiger charge is 2.38. The SMILES string of the molecule is Cc1nc(-c2noc3ccc(C(=O)NCCc4ccncc4)cc23)co1.O=C(O)C(F)(F)F. The molecule has 0 aliphatic carbocycles. The third kappa shape index (κ3) is 6.15. The van der Waals surface area contributed by atoms with Crippen LogP contribution in [0.15, 0.2) is 57.9 Å². The lowest BCUT2D eigenvalue weighted by Crippen LogP contribution is -2.25. The quantitative estimate of drug-likeness (QED) is 0.458. The van der Waals surface area contributed by atoms with E-state index in [0.29, 0.717) is 35.0 Å². The zero-order valence-corrected chi connectivity index (χ0v) is 17.1. The monoisotopic (exact) mass is 462 g/mol. The molecule has 0 spiro atoms. The molecular formula is C21H17F3N4O5. The van der Waals surface area contributed by atoms with E-state index in [0.717, 1.165) is 17.4 Å². The predicted octanol–water partition coefficient (Wildman–Crippen LogP) is 3.79. The number of hydrogen-bond acceptors (Lipinski definition) is 7. The van der Waals surface area contributed by atoms with E-state index in [4.69, 9.17) is 18.8 Å². The van der Waals surface area contributed by atoms with Gasteiger partial charge < -0.3 is 19.4 Å². The number of benzene rings is 1. The Morgan fingerprint density at radius 1 is 1.15 bits per heavy atom. The highest BCUT2D eigenvalue weighted by atomic mass is 19.4. The molecule has 0 aliphatic rings. The Labute approximate surface area is 184 Å². The molecule has 0 unspecified atom stereocenters. The maximum atomic E-state index is 12.4. The van der Waals surface area contributed by atoms with E-state index < -0.39 is 12.1 Å². The number of carbonyl (C=O) groups is 2. The largest absolute Gasteiger partial charge is 0.490 e. The lowest BCUT2D eigenvalue weighted by Gasteiger charge is -2.05. The Kier molecular flexibility index (Phi) is 7.06. The average molecular weight is 462 g/mol. The van der Waals surface area contributed by atoms with Crippen molar-refractivity contribution in [1.29, 1.82) is 0 Å². The lowest BCUT2D eigenvalue weighted by atomic mass is 10.1. The zero-order valence-electron chi connectivity index (χ0n) is 17.1. The van der Waals surface area contributed by atoms with Crippen molar-refractivity contribution < 1.29 is 36.8 Å². The van der Waals surface area contributed by atoms with Crippen molar-refractivity contribution in [1.82, 2.24) is 20.4 Å². The summed E-state index contributed by atoms with van der Waals surface area (Å²) in [7, 11) is 0. The Morgan fingerprint density at radius 3 is 2.45 bits per heavy atom.